The number of ether oxygens (including phenoxy) is 1. The molecule has 0 aromatic heterocycles. The molecule has 0 bridgehead atoms. The van der Waals surface area contributed by atoms with Crippen molar-refractivity contribution >= 4 is 0 Å². The standard InChI is InChI=1S/C16H20N2O/c17-9-13-1-5-15(6-2-13)11-19-12-16-7-3-14(10-18)4-8-16/h1-8H,9-12,17-18H2. The van der Waals surface area contributed by atoms with Crippen molar-refractivity contribution in [2.75, 3.05) is 0 Å². The van der Waals surface area contributed by atoms with Crippen molar-refractivity contribution < 1.29 is 4.74 Å². The molecule has 0 aliphatic carbocycles. The van der Waals surface area contributed by atoms with Crippen molar-refractivity contribution in [2.24, 2.45) is 11.5 Å². The summed E-state index contributed by atoms with van der Waals surface area (Å²) >= 11 is 0. The minimum Gasteiger partial charge on any atom is -0.372 e. The molecular weight excluding hydrogens is 236 g/mol. The van der Waals surface area contributed by atoms with Crippen LogP contribution >= 0.6 is 0 Å². The highest BCUT2D eigenvalue weighted by Gasteiger charge is 1.97. The Labute approximate surface area is 114 Å². The summed E-state index contributed by atoms with van der Waals surface area (Å²) in [6, 6.07) is 16.4. The van der Waals surface area contributed by atoms with Gasteiger partial charge < -0.3 is 16.2 Å². The van der Waals surface area contributed by atoms with Gasteiger partial charge in [-0.3, -0.25) is 0 Å². The Morgan fingerprint density at radius 2 is 0.895 bits per heavy atom. The van der Waals surface area contributed by atoms with Crippen molar-refractivity contribution in [3.8, 4) is 0 Å². The first-order valence-electron chi connectivity index (χ1n) is 6.45. The van der Waals surface area contributed by atoms with Crippen LogP contribution in [0.3, 0.4) is 0 Å². The van der Waals surface area contributed by atoms with E-state index in [-0.39, 0.29) is 0 Å². The summed E-state index contributed by atoms with van der Waals surface area (Å²) in [5.74, 6) is 0. The maximum Gasteiger partial charge on any atom is 0.0721 e. The van der Waals surface area contributed by atoms with Crippen LogP contribution in [0.1, 0.15) is 22.3 Å². The van der Waals surface area contributed by atoms with Gasteiger partial charge in [0.15, 0.2) is 0 Å². The molecule has 3 heteroatoms. The van der Waals surface area contributed by atoms with Gasteiger partial charge in [-0.25, -0.2) is 0 Å². The molecule has 0 aliphatic rings. The number of rotatable bonds is 6. The topological polar surface area (TPSA) is 61.3 Å². The molecule has 0 amide bonds. The zero-order chi connectivity index (χ0) is 13.5. The monoisotopic (exact) mass is 256 g/mol. The summed E-state index contributed by atoms with van der Waals surface area (Å²) in [5, 5.41) is 0. The van der Waals surface area contributed by atoms with E-state index in [0.717, 1.165) is 22.3 Å². The molecule has 19 heavy (non-hydrogen) atoms. The van der Waals surface area contributed by atoms with Gasteiger partial charge in [-0.1, -0.05) is 48.5 Å². The normalized spacial score (nSPS) is 10.6. The van der Waals surface area contributed by atoms with Crippen LogP contribution in [0.4, 0.5) is 0 Å². The molecule has 2 aromatic rings. The molecule has 0 atom stereocenters. The number of hydrogen-bond acceptors (Lipinski definition) is 3. The Balaban J connectivity index is 1.81. The number of nitrogens with two attached hydrogens (primary N) is 2. The third-order valence-corrected chi connectivity index (χ3v) is 3.05. The second-order valence-corrected chi connectivity index (χ2v) is 4.53. The van der Waals surface area contributed by atoms with Crippen LogP contribution in [0.2, 0.25) is 0 Å². The molecule has 0 aliphatic heterocycles. The first kappa shape index (κ1) is 13.7. The molecule has 0 unspecified atom stereocenters. The Morgan fingerprint density at radius 1 is 0.579 bits per heavy atom. The van der Waals surface area contributed by atoms with E-state index in [4.69, 9.17) is 16.2 Å². The summed E-state index contributed by atoms with van der Waals surface area (Å²) in [6.07, 6.45) is 0. The van der Waals surface area contributed by atoms with Gasteiger partial charge in [0.2, 0.25) is 0 Å². The second-order valence-electron chi connectivity index (χ2n) is 4.53. The summed E-state index contributed by atoms with van der Waals surface area (Å²) in [4.78, 5) is 0. The van der Waals surface area contributed by atoms with Crippen molar-refractivity contribution in [2.45, 2.75) is 26.3 Å². The van der Waals surface area contributed by atoms with Crippen LogP contribution in [0.15, 0.2) is 48.5 Å². The maximum absolute atomic E-state index is 5.69. The lowest BCUT2D eigenvalue weighted by atomic mass is 10.1. The van der Waals surface area contributed by atoms with E-state index >= 15 is 0 Å². The van der Waals surface area contributed by atoms with E-state index in [2.05, 4.69) is 24.3 Å². The van der Waals surface area contributed by atoms with Crippen molar-refractivity contribution in [3.63, 3.8) is 0 Å². The first-order valence-corrected chi connectivity index (χ1v) is 6.45. The van der Waals surface area contributed by atoms with Gasteiger partial charge in [-0.2, -0.15) is 0 Å². The van der Waals surface area contributed by atoms with E-state index in [1.54, 1.807) is 0 Å². The van der Waals surface area contributed by atoms with E-state index < -0.39 is 0 Å². The fourth-order valence-electron chi connectivity index (χ4n) is 1.83. The lowest BCUT2D eigenvalue weighted by molar-refractivity contribution is 0.107. The maximum atomic E-state index is 5.69. The van der Waals surface area contributed by atoms with Crippen LogP contribution in [0.25, 0.3) is 0 Å². The Kier molecular flexibility index (Phi) is 5.10. The van der Waals surface area contributed by atoms with Gasteiger partial charge in [0.25, 0.3) is 0 Å². The molecule has 0 saturated carbocycles. The lowest BCUT2D eigenvalue weighted by Gasteiger charge is -2.06. The van der Waals surface area contributed by atoms with Crippen LogP contribution in [0.5, 0.6) is 0 Å². The fourth-order valence-corrected chi connectivity index (χ4v) is 1.83. The molecular formula is C16H20N2O. The molecule has 0 spiro atoms. The zero-order valence-electron chi connectivity index (χ0n) is 11.0. The highest BCUT2D eigenvalue weighted by molar-refractivity contribution is 5.23. The highest BCUT2D eigenvalue weighted by atomic mass is 16.5. The average Bonchev–Trinajstić information content (AvgIpc) is 2.49. The van der Waals surface area contributed by atoms with Crippen LogP contribution < -0.4 is 11.5 Å². The van der Waals surface area contributed by atoms with Gasteiger partial charge in [-0.05, 0) is 22.3 Å². The van der Waals surface area contributed by atoms with E-state index in [9.17, 15) is 0 Å². The third kappa shape index (κ3) is 4.17. The van der Waals surface area contributed by atoms with Gasteiger partial charge >= 0.3 is 0 Å². The molecule has 0 heterocycles. The molecule has 2 rings (SSSR count). The fraction of sp³-hybridized carbons (Fsp3) is 0.250. The first-order chi connectivity index (χ1) is 9.31. The largest absolute Gasteiger partial charge is 0.372 e. The molecule has 0 fully saturated rings. The minimum atomic E-state index is 0.578. The van der Waals surface area contributed by atoms with Crippen LogP contribution in [0, 0.1) is 0 Å². The summed E-state index contributed by atoms with van der Waals surface area (Å²) in [6.45, 7) is 2.39. The summed E-state index contributed by atoms with van der Waals surface area (Å²) < 4.78 is 5.69. The summed E-state index contributed by atoms with van der Waals surface area (Å²) in [5.41, 5.74) is 15.7. The molecule has 0 saturated heterocycles. The molecule has 100 valence electrons. The summed E-state index contributed by atoms with van der Waals surface area (Å²) in [7, 11) is 0. The zero-order valence-corrected chi connectivity index (χ0v) is 11.0. The molecule has 2 aromatic carbocycles. The van der Waals surface area contributed by atoms with E-state index in [0.29, 0.717) is 26.3 Å². The number of hydrogen-bond donors (Lipinski definition) is 2. The molecule has 4 N–H and O–H groups in total. The third-order valence-electron chi connectivity index (χ3n) is 3.05. The predicted octanol–water partition coefficient (Wildman–Crippen LogP) is 2.32. The van der Waals surface area contributed by atoms with Gasteiger partial charge in [0, 0.05) is 13.1 Å². The quantitative estimate of drug-likeness (QED) is 0.833. The SMILES string of the molecule is NCc1ccc(COCc2ccc(CN)cc2)cc1. The Bertz CT molecular complexity index is 444. The Morgan fingerprint density at radius 3 is 1.21 bits per heavy atom. The van der Waals surface area contributed by atoms with Crippen molar-refractivity contribution in [3.05, 3.63) is 70.8 Å². The average molecular weight is 256 g/mol. The Hall–Kier alpha value is -1.68. The lowest BCUT2D eigenvalue weighted by Crippen LogP contribution is -1.98. The molecule has 3 nitrogen and oxygen atoms in total. The molecule has 0 radical (unpaired) electrons. The highest BCUT2D eigenvalue weighted by Crippen LogP contribution is 2.09. The number of benzene rings is 2. The minimum absolute atomic E-state index is 0.578. The van der Waals surface area contributed by atoms with E-state index in [1.807, 2.05) is 24.3 Å². The predicted molar refractivity (Wildman–Crippen MR) is 77.2 cm³/mol. The van der Waals surface area contributed by atoms with Crippen molar-refractivity contribution in [1.82, 2.24) is 0 Å². The van der Waals surface area contributed by atoms with Crippen LogP contribution in [-0.2, 0) is 31.0 Å². The van der Waals surface area contributed by atoms with Gasteiger partial charge in [0.1, 0.15) is 0 Å². The second kappa shape index (κ2) is 7.04. The van der Waals surface area contributed by atoms with Gasteiger partial charge in [-0.15, -0.1) is 0 Å². The smallest absolute Gasteiger partial charge is 0.0721 e. The van der Waals surface area contributed by atoms with Crippen molar-refractivity contribution in [1.29, 1.82) is 0 Å². The van der Waals surface area contributed by atoms with Crippen LogP contribution in [-0.4, -0.2) is 0 Å². The van der Waals surface area contributed by atoms with Gasteiger partial charge in [0.05, 0.1) is 13.2 Å². The van der Waals surface area contributed by atoms with E-state index in [1.165, 1.54) is 0 Å².